The Bertz CT molecular complexity index is 641. The average Bonchev–Trinajstić information content (AvgIpc) is 2.50. The van der Waals surface area contributed by atoms with Gasteiger partial charge in [0, 0.05) is 18.1 Å². The summed E-state index contributed by atoms with van der Waals surface area (Å²) in [4.78, 5) is 11.5. The lowest BCUT2D eigenvalue weighted by Gasteiger charge is -2.12. The molecule has 2 aromatic rings. The van der Waals surface area contributed by atoms with Gasteiger partial charge in [-0.15, -0.1) is 0 Å². The van der Waals surface area contributed by atoms with Crippen LogP contribution in [0, 0.1) is 0 Å². The standard InChI is InChI=1S/C17H17ClO4/c18-16-11-13(22-8-4-7-19)10-15(17(20)21)14(16)9-12-5-2-1-3-6-12/h1-3,5-6,10-11,19H,4,7-9H2,(H,20,21). The number of carboxylic acids is 1. The van der Waals surface area contributed by atoms with E-state index in [1.165, 1.54) is 6.07 Å². The van der Waals surface area contributed by atoms with Crippen molar-refractivity contribution in [3.8, 4) is 5.75 Å². The van der Waals surface area contributed by atoms with Crippen LogP contribution >= 0.6 is 11.6 Å². The second-order valence-corrected chi connectivity index (χ2v) is 5.23. The van der Waals surface area contributed by atoms with E-state index < -0.39 is 5.97 Å². The zero-order valence-electron chi connectivity index (χ0n) is 12.0. The molecule has 0 saturated carbocycles. The van der Waals surface area contributed by atoms with E-state index in [1.807, 2.05) is 30.3 Å². The molecule has 2 rings (SSSR count). The summed E-state index contributed by atoms with van der Waals surface area (Å²) in [5.41, 5.74) is 1.69. The van der Waals surface area contributed by atoms with Crippen molar-refractivity contribution in [2.75, 3.05) is 13.2 Å². The van der Waals surface area contributed by atoms with Gasteiger partial charge in [-0.1, -0.05) is 41.9 Å². The molecule has 0 spiro atoms. The monoisotopic (exact) mass is 320 g/mol. The molecule has 116 valence electrons. The fraction of sp³-hybridized carbons (Fsp3) is 0.235. The van der Waals surface area contributed by atoms with Gasteiger partial charge in [0.15, 0.2) is 0 Å². The molecule has 5 heteroatoms. The fourth-order valence-corrected chi connectivity index (χ4v) is 2.40. The molecule has 0 saturated heterocycles. The van der Waals surface area contributed by atoms with E-state index in [1.54, 1.807) is 6.07 Å². The van der Waals surface area contributed by atoms with Crippen LogP contribution in [0.25, 0.3) is 0 Å². The molecular formula is C17H17ClO4. The number of carbonyl (C=O) groups is 1. The van der Waals surface area contributed by atoms with E-state index >= 15 is 0 Å². The highest BCUT2D eigenvalue weighted by Crippen LogP contribution is 2.29. The van der Waals surface area contributed by atoms with E-state index in [0.717, 1.165) is 5.56 Å². The number of halogens is 1. The maximum atomic E-state index is 11.5. The molecule has 0 bridgehead atoms. The molecule has 0 heterocycles. The number of hydrogen-bond acceptors (Lipinski definition) is 3. The number of hydrogen-bond donors (Lipinski definition) is 2. The number of aliphatic hydroxyl groups excluding tert-OH is 1. The summed E-state index contributed by atoms with van der Waals surface area (Å²) in [6, 6.07) is 12.6. The second-order valence-electron chi connectivity index (χ2n) is 4.82. The highest BCUT2D eigenvalue weighted by atomic mass is 35.5. The number of ether oxygens (including phenoxy) is 1. The Kier molecular flexibility index (Phi) is 5.81. The van der Waals surface area contributed by atoms with Crippen LogP contribution < -0.4 is 4.74 Å². The van der Waals surface area contributed by atoms with Crippen LogP contribution in [-0.2, 0) is 6.42 Å². The summed E-state index contributed by atoms with van der Waals surface area (Å²) < 4.78 is 5.42. The summed E-state index contributed by atoms with van der Waals surface area (Å²) >= 11 is 6.25. The van der Waals surface area contributed by atoms with Crippen molar-refractivity contribution in [2.45, 2.75) is 12.8 Å². The molecule has 0 radical (unpaired) electrons. The molecule has 4 nitrogen and oxygen atoms in total. The van der Waals surface area contributed by atoms with Crippen LogP contribution in [-0.4, -0.2) is 29.4 Å². The lowest BCUT2D eigenvalue weighted by Crippen LogP contribution is -2.06. The molecule has 2 aromatic carbocycles. The maximum absolute atomic E-state index is 11.5. The number of rotatable bonds is 7. The van der Waals surface area contributed by atoms with Gasteiger partial charge < -0.3 is 14.9 Å². The zero-order valence-corrected chi connectivity index (χ0v) is 12.7. The predicted molar refractivity (Wildman–Crippen MR) is 84.9 cm³/mol. The minimum absolute atomic E-state index is 0.0195. The van der Waals surface area contributed by atoms with E-state index in [0.29, 0.717) is 35.8 Å². The van der Waals surface area contributed by atoms with Gasteiger partial charge in [-0.2, -0.15) is 0 Å². The van der Waals surface area contributed by atoms with Crippen LogP contribution in [0.15, 0.2) is 42.5 Å². The summed E-state index contributed by atoms with van der Waals surface area (Å²) in [6.07, 6.45) is 0.921. The van der Waals surface area contributed by atoms with Crippen molar-refractivity contribution in [2.24, 2.45) is 0 Å². The summed E-state index contributed by atoms with van der Waals surface area (Å²) in [5.74, 6) is -0.645. The molecule has 22 heavy (non-hydrogen) atoms. The van der Waals surface area contributed by atoms with Crippen LogP contribution in [0.1, 0.15) is 27.9 Å². The second kappa shape index (κ2) is 7.82. The molecule has 0 atom stereocenters. The Morgan fingerprint density at radius 2 is 1.91 bits per heavy atom. The number of benzene rings is 2. The maximum Gasteiger partial charge on any atom is 0.336 e. The van der Waals surface area contributed by atoms with Crippen LogP contribution in [0.4, 0.5) is 0 Å². The Morgan fingerprint density at radius 3 is 2.55 bits per heavy atom. The van der Waals surface area contributed by atoms with E-state index in [4.69, 9.17) is 21.4 Å². The minimum Gasteiger partial charge on any atom is -0.493 e. The smallest absolute Gasteiger partial charge is 0.336 e. The molecule has 2 N–H and O–H groups in total. The van der Waals surface area contributed by atoms with Gasteiger partial charge in [-0.3, -0.25) is 0 Å². The molecule has 0 aromatic heterocycles. The predicted octanol–water partition coefficient (Wildman–Crippen LogP) is 3.39. The summed E-state index contributed by atoms with van der Waals surface area (Å²) in [6.45, 7) is 0.329. The van der Waals surface area contributed by atoms with Crippen molar-refractivity contribution >= 4 is 17.6 Å². The van der Waals surface area contributed by atoms with Crippen molar-refractivity contribution in [1.29, 1.82) is 0 Å². The number of aromatic carboxylic acids is 1. The van der Waals surface area contributed by atoms with Crippen molar-refractivity contribution in [3.63, 3.8) is 0 Å². The van der Waals surface area contributed by atoms with Gasteiger partial charge >= 0.3 is 5.97 Å². The average molecular weight is 321 g/mol. The summed E-state index contributed by atoms with van der Waals surface area (Å²) in [7, 11) is 0. The Hall–Kier alpha value is -2.04. The molecule has 0 fully saturated rings. The Morgan fingerprint density at radius 1 is 1.18 bits per heavy atom. The number of carboxylic acid groups (broad SMARTS) is 1. The van der Waals surface area contributed by atoms with Gasteiger partial charge in [0.1, 0.15) is 5.75 Å². The molecule has 0 amide bonds. The first-order valence-electron chi connectivity index (χ1n) is 6.95. The fourth-order valence-electron chi connectivity index (χ4n) is 2.12. The normalized spacial score (nSPS) is 10.5. The SMILES string of the molecule is O=C(O)c1cc(OCCCO)cc(Cl)c1Cc1ccccc1. The first-order chi connectivity index (χ1) is 10.6. The third kappa shape index (κ3) is 4.23. The molecule has 0 aliphatic carbocycles. The topological polar surface area (TPSA) is 66.8 Å². The third-order valence-electron chi connectivity index (χ3n) is 3.19. The van der Waals surface area contributed by atoms with Gasteiger partial charge in [-0.25, -0.2) is 4.79 Å². The minimum atomic E-state index is -1.04. The Labute approximate surface area is 133 Å². The van der Waals surface area contributed by atoms with E-state index in [9.17, 15) is 9.90 Å². The third-order valence-corrected chi connectivity index (χ3v) is 3.53. The zero-order chi connectivity index (χ0) is 15.9. The van der Waals surface area contributed by atoms with Crippen LogP contribution in [0.2, 0.25) is 5.02 Å². The first kappa shape index (κ1) is 16.3. The van der Waals surface area contributed by atoms with Crippen molar-refractivity contribution in [1.82, 2.24) is 0 Å². The highest BCUT2D eigenvalue weighted by molar-refractivity contribution is 6.32. The van der Waals surface area contributed by atoms with E-state index in [2.05, 4.69) is 0 Å². The van der Waals surface area contributed by atoms with Crippen LogP contribution in [0.5, 0.6) is 5.75 Å². The van der Waals surface area contributed by atoms with E-state index in [-0.39, 0.29) is 12.2 Å². The lowest BCUT2D eigenvalue weighted by atomic mass is 9.99. The first-order valence-corrected chi connectivity index (χ1v) is 7.33. The lowest BCUT2D eigenvalue weighted by molar-refractivity contribution is 0.0695. The van der Waals surface area contributed by atoms with Crippen LogP contribution in [0.3, 0.4) is 0 Å². The molecule has 0 aliphatic heterocycles. The van der Waals surface area contributed by atoms with Gasteiger partial charge in [0.25, 0.3) is 0 Å². The largest absolute Gasteiger partial charge is 0.493 e. The molecular weight excluding hydrogens is 304 g/mol. The van der Waals surface area contributed by atoms with Gasteiger partial charge in [0.2, 0.25) is 0 Å². The van der Waals surface area contributed by atoms with Gasteiger partial charge in [0.05, 0.1) is 12.2 Å². The Balaban J connectivity index is 2.30. The van der Waals surface area contributed by atoms with Crippen molar-refractivity contribution in [3.05, 3.63) is 64.2 Å². The number of aliphatic hydroxyl groups is 1. The molecule has 0 aliphatic rings. The quantitative estimate of drug-likeness (QED) is 0.767. The van der Waals surface area contributed by atoms with Crippen molar-refractivity contribution < 1.29 is 19.7 Å². The molecule has 0 unspecified atom stereocenters. The highest BCUT2D eigenvalue weighted by Gasteiger charge is 2.16. The summed E-state index contributed by atoms with van der Waals surface area (Å²) in [5, 5.41) is 18.5. The van der Waals surface area contributed by atoms with Gasteiger partial charge in [-0.05, 0) is 29.7 Å².